The first-order valence-electron chi connectivity index (χ1n) is 11.0. The first-order valence-corrected chi connectivity index (χ1v) is 11.0. The number of aryl methyl sites for hydroxylation is 1. The van der Waals surface area contributed by atoms with Crippen LogP contribution < -0.4 is 14.4 Å². The van der Waals surface area contributed by atoms with Crippen LogP contribution in [0.15, 0.2) is 52.9 Å². The Balaban J connectivity index is 1.36. The summed E-state index contributed by atoms with van der Waals surface area (Å²) in [4.78, 5) is 20.6. The third-order valence-electron chi connectivity index (χ3n) is 5.61. The first kappa shape index (κ1) is 22.9. The maximum atomic E-state index is 12.6. The fourth-order valence-corrected chi connectivity index (χ4v) is 3.71. The molecule has 2 heterocycles. The molecule has 0 bridgehead atoms. The highest BCUT2D eigenvalue weighted by molar-refractivity contribution is 5.78. The maximum Gasteiger partial charge on any atom is 0.260 e. The molecule has 0 spiro atoms. The van der Waals surface area contributed by atoms with Crippen LogP contribution in [0.5, 0.6) is 11.5 Å². The molecule has 174 valence electrons. The second-order valence-electron chi connectivity index (χ2n) is 7.85. The number of ether oxygens (including phenoxy) is 2. The summed E-state index contributed by atoms with van der Waals surface area (Å²) in [6, 6.07) is 17.3. The van der Waals surface area contributed by atoms with E-state index in [1.54, 1.807) is 18.1 Å². The number of hydrogen-bond acceptors (Lipinski definition) is 7. The number of carbonyl (C=O) groups is 1. The molecule has 0 radical (unpaired) electrons. The van der Waals surface area contributed by atoms with Gasteiger partial charge in [0, 0.05) is 32.3 Å². The average Bonchev–Trinajstić information content (AvgIpc) is 3.30. The van der Waals surface area contributed by atoms with E-state index < -0.39 is 0 Å². The number of piperazine rings is 1. The highest BCUT2D eigenvalue weighted by atomic mass is 16.5. The van der Waals surface area contributed by atoms with E-state index in [-0.39, 0.29) is 18.2 Å². The lowest BCUT2D eigenvalue weighted by Crippen LogP contribution is -2.50. The van der Waals surface area contributed by atoms with E-state index in [4.69, 9.17) is 13.9 Å². The molecule has 4 rings (SSSR count). The lowest BCUT2D eigenvalue weighted by molar-refractivity contribution is -0.133. The van der Waals surface area contributed by atoms with Crippen LogP contribution in [-0.2, 0) is 4.79 Å². The molecule has 1 aromatic heterocycles. The molecule has 0 atom stereocenters. The molecule has 34 heavy (non-hydrogen) atoms. The van der Waals surface area contributed by atoms with Crippen molar-refractivity contribution in [1.29, 1.82) is 5.26 Å². The SMILES string of the molecule is COc1cccc(/C=C/c2nc(C#N)c(N3CCN(C(=O)COc4ccccc4C)CC3)o2)c1. The van der Waals surface area contributed by atoms with Gasteiger partial charge in [0.05, 0.1) is 7.11 Å². The van der Waals surface area contributed by atoms with Crippen molar-refractivity contribution in [3.63, 3.8) is 0 Å². The molecule has 0 unspecified atom stereocenters. The predicted molar refractivity (Wildman–Crippen MR) is 129 cm³/mol. The standard InChI is InChI=1S/C26H26N4O4/c1-19-6-3-4-9-23(19)33-18-25(31)29-12-14-30(15-13-29)26-22(17-27)28-24(34-26)11-10-20-7-5-8-21(16-20)32-2/h3-11,16H,12-15,18H2,1-2H3/b11-10+. The zero-order valence-corrected chi connectivity index (χ0v) is 19.2. The molecule has 1 amide bonds. The van der Waals surface area contributed by atoms with E-state index in [9.17, 15) is 10.1 Å². The summed E-state index contributed by atoms with van der Waals surface area (Å²) in [5, 5.41) is 9.54. The molecule has 1 fully saturated rings. The number of oxazole rings is 1. The number of carbonyl (C=O) groups excluding carboxylic acids is 1. The average molecular weight is 459 g/mol. The van der Waals surface area contributed by atoms with E-state index >= 15 is 0 Å². The number of anilines is 1. The molecular weight excluding hydrogens is 432 g/mol. The molecule has 2 aromatic carbocycles. The van der Waals surface area contributed by atoms with Gasteiger partial charge in [-0.25, -0.2) is 0 Å². The number of aromatic nitrogens is 1. The molecular formula is C26H26N4O4. The van der Waals surface area contributed by atoms with Gasteiger partial charge in [0.2, 0.25) is 17.5 Å². The van der Waals surface area contributed by atoms with Gasteiger partial charge in [-0.1, -0.05) is 30.3 Å². The first-order chi connectivity index (χ1) is 16.6. The van der Waals surface area contributed by atoms with Crippen LogP contribution in [0.1, 0.15) is 22.7 Å². The van der Waals surface area contributed by atoms with E-state index in [0.29, 0.717) is 43.7 Å². The van der Waals surface area contributed by atoms with Gasteiger partial charge >= 0.3 is 0 Å². The molecule has 0 aliphatic carbocycles. The summed E-state index contributed by atoms with van der Waals surface area (Å²) in [6.45, 7) is 4.05. The van der Waals surface area contributed by atoms with Crippen molar-refractivity contribution in [2.75, 3.05) is 44.8 Å². The van der Waals surface area contributed by atoms with Gasteiger partial charge < -0.3 is 23.7 Å². The van der Waals surface area contributed by atoms with Crippen molar-refractivity contribution in [3.8, 4) is 17.6 Å². The van der Waals surface area contributed by atoms with Crippen LogP contribution in [0.25, 0.3) is 12.2 Å². The lowest BCUT2D eigenvalue weighted by Gasteiger charge is -2.34. The molecule has 0 saturated carbocycles. The molecule has 8 nitrogen and oxygen atoms in total. The number of benzene rings is 2. The third kappa shape index (κ3) is 5.38. The largest absolute Gasteiger partial charge is 0.497 e. The predicted octanol–water partition coefficient (Wildman–Crippen LogP) is 3.76. The lowest BCUT2D eigenvalue weighted by atomic mass is 10.2. The van der Waals surface area contributed by atoms with Gasteiger partial charge in [-0.05, 0) is 42.3 Å². The van der Waals surface area contributed by atoms with Gasteiger partial charge in [-0.3, -0.25) is 4.79 Å². The topological polar surface area (TPSA) is 91.8 Å². The normalized spacial score (nSPS) is 13.7. The minimum absolute atomic E-state index is 0.00415. The fraction of sp³-hybridized carbons (Fsp3) is 0.269. The highest BCUT2D eigenvalue weighted by Gasteiger charge is 2.26. The molecule has 1 aliphatic rings. The van der Waals surface area contributed by atoms with Crippen LogP contribution in [0.4, 0.5) is 5.88 Å². The van der Waals surface area contributed by atoms with Crippen LogP contribution in [0, 0.1) is 18.3 Å². The summed E-state index contributed by atoms with van der Waals surface area (Å²) >= 11 is 0. The van der Waals surface area contributed by atoms with Crippen LogP contribution in [-0.4, -0.2) is 55.7 Å². The molecule has 8 heteroatoms. The Hall–Kier alpha value is -4.25. The number of amides is 1. The van der Waals surface area contributed by atoms with Gasteiger partial charge in [0.1, 0.15) is 17.6 Å². The number of methoxy groups -OCH3 is 1. The summed E-state index contributed by atoms with van der Waals surface area (Å²) < 4.78 is 16.8. The number of rotatable bonds is 7. The molecule has 1 aliphatic heterocycles. The van der Waals surface area contributed by atoms with Gasteiger partial charge in [0.15, 0.2) is 6.61 Å². The number of nitriles is 1. The van der Waals surface area contributed by atoms with Crippen molar-refractivity contribution in [1.82, 2.24) is 9.88 Å². The minimum atomic E-state index is -0.0668. The number of nitrogens with zero attached hydrogens (tertiary/aromatic N) is 4. The van der Waals surface area contributed by atoms with E-state index in [1.807, 2.05) is 66.4 Å². The second kappa shape index (κ2) is 10.6. The Bertz CT molecular complexity index is 1220. The van der Waals surface area contributed by atoms with Gasteiger partial charge in [-0.2, -0.15) is 10.2 Å². The van der Waals surface area contributed by atoms with E-state index in [0.717, 1.165) is 16.9 Å². The number of para-hydroxylation sites is 1. The zero-order chi connectivity index (χ0) is 23.9. The maximum absolute atomic E-state index is 12.6. The molecule has 0 N–H and O–H groups in total. The molecule has 1 saturated heterocycles. The monoisotopic (exact) mass is 458 g/mol. The summed E-state index contributed by atoms with van der Waals surface area (Å²) in [6.07, 6.45) is 3.58. The van der Waals surface area contributed by atoms with Crippen LogP contribution in [0.3, 0.4) is 0 Å². The van der Waals surface area contributed by atoms with Crippen molar-refractivity contribution in [2.45, 2.75) is 6.92 Å². The van der Waals surface area contributed by atoms with Crippen molar-refractivity contribution in [2.24, 2.45) is 0 Å². The Labute approximate surface area is 198 Å². The van der Waals surface area contributed by atoms with E-state index in [2.05, 4.69) is 11.1 Å². The van der Waals surface area contributed by atoms with Crippen molar-refractivity contribution in [3.05, 3.63) is 71.2 Å². The zero-order valence-electron chi connectivity index (χ0n) is 19.2. The second-order valence-corrected chi connectivity index (χ2v) is 7.85. The Kier molecular flexibility index (Phi) is 7.13. The fourth-order valence-electron chi connectivity index (χ4n) is 3.71. The minimum Gasteiger partial charge on any atom is -0.497 e. The smallest absolute Gasteiger partial charge is 0.260 e. The van der Waals surface area contributed by atoms with Crippen LogP contribution in [0.2, 0.25) is 0 Å². The van der Waals surface area contributed by atoms with E-state index in [1.165, 1.54) is 0 Å². The summed E-state index contributed by atoms with van der Waals surface area (Å²) in [5.41, 5.74) is 2.15. The summed E-state index contributed by atoms with van der Waals surface area (Å²) in [5.74, 6) is 2.17. The highest BCUT2D eigenvalue weighted by Crippen LogP contribution is 2.25. The Morgan fingerprint density at radius 3 is 2.68 bits per heavy atom. The van der Waals surface area contributed by atoms with Gasteiger partial charge in [-0.15, -0.1) is 0 Å². The van der Waals surface area contributed by atoms with Crippen molar-refractivity contribution >= 4 is 23.9 Å². The molecule has 3 aromatic rings. The summed E-state index contributed by atoms with van der Waals surface area (Å²) in [7, 11) is 1.62. The van der Waals surface area contributed by atoms with Crippen molar-refractivity contribution < 1.29 is 18.7 Å². The van der Waals surface area contributed by atoms with Crippen LogP contribution >= 0.6 is 0 Å². The van der Waals surface area contributed by atoms with Gasteiger partial charge in [0.25, 0.3) is 5.91 Å². The Morgan fingerprint density at radius 2 is 1.94 bits per heavy atom. The number of hydrogen-bond donors (Lipinski definition) is 0. The quantitative estimate of drug-likeness (QED) is 0.532. The third-order valence-corrected chi connectivity index (χ3v) is 5.61. The Morgan fingerprint density at radius 1 is 1.15 bits per heavy atom.